The topological polar surface area (TPSA) is 74.1 Å². The summed E-state index contributed by atoms with van der Waals surface area (Å²) in [6.45, 7) is 2.51. The monoisotopic (exact) mass is 277 g/mol. The van der Waals surface area contributed by atoms with Crippen molar-refractivity contribution in [3.05, 3.63) is 35.7 Å². The largest absolute Gasteiger partial charge is 0.383 e. The first-order chi connectivity index (χ1) is 9.86. The Balaban J connectivity index is 2.15. The number of nitrogens with one attached hydrogen (secondary N) is 1. The van der Waals surface area contributed by atoms with E-state index in [0.29, 0.717) is 19.8 Å². The van der Waals surface area contributed by atoms with E-state index in [2.05, 4.69) is 20.8 Å². The van der Waals surface area contributed by atoms with E-state index in [9.17, 15) is 0 Å². The Morgan fingerprint density at radius 2 is 2.05 bits per heavy atom. The van der Waals surface area contributed by atoms with Crippen LogP contribution in [0, 0.1) is 0 Å². The molecule has 1 N–H and O–H groups in total. The number of aromatic nitrogens is 4. The first-order valence-corrected chi connectivity index (χ1v) is 6.41. The summed E-state index contributed by atoms with van der Waals surface area (Å²) in [5.74, 6) is 0.754. The van der Waals surface area contributed by atoms with Crippen molar-refractivity contribution in [3.63, 3.8) is 0 Å². The van der Waals surface area contributed by atoms with Crippen LogP contribution in [0.3, 0.4) is 0 Å². The molecule has 0 saturated carbocycles. The molecule has 0 spiro atoms. The maximum Gasteiger partial charge on any atom is 0.170 e. The Kier molecular flexibility index (Phi) is 5.60. The SMILES string of the molecule is COCCNCc1nnnn1-c1ccccc1COC. The quantitative estimate of drug-likeness (QED) is 0.710. The number of para-hydroxylation sites is 1. The van der Waals surface area contributed by atoms with Crippen molar-refractivity contribution >= 4 is 0 Å². The molecule has 0 fully saturated rings. The van der Waals surface area contributed by atoms with E-state index in [1.807, 2.05) is 24.3 Å². The standard InChI is InChI=1S/C13H19N5O2/c1-19-8-7-14-9-13-15-16-17-18(13)12-6-4-3-5-11(12)10-20-2/h3-6,14H,7-10H2,1-2H3. The van der Waals surface area contributed by atoms with Gasteiger partial charge in [0.1, 0.15) is 0 Å². The fourth-order valence-electron chi connectivity index (χ4n) is 1.87. The van der Waals surface area contributed by atoms with Gasteiger partial charge in [0.05, 0.1) is 25.4 Å². The van der Waals surface area contributed by atoms with E-state index in [4.69, 9.17) is 9.47 Å². The molecule has 0 bridgehead atoms. The van der Waals surface area contributed by atoms with Gasteiger partial charge in [0, 0.05) is 26.3 Å². The highest BCUT2D eigenvalue weighted by Gasteiger charge is 2.11. The fraction of sp³-hybridized carbons (Fsp3) is 0.462. The lowest BCUT2D eigenvalue weighted by Crippen LogP contribution is -2.21. The summed E-state index contributed by atoms with van der Waals surface area (Å²) in [7, 11) is 3.34. The van der Waals surface area contributed by atoms with E-state index in [1.54, 1.807) is 18.9 Å². The molecule has 0 radical (unpaired) electrons. The van der Waals surface area contributed by atoms with Crippen LogP contribution in [0.1, 0.15) is 11.4 Å². The van der Waals surface area contributed by atoms with Crippen LogP contribution in [-0.2, 0) is 22.6 Å². The predicted molar refractivity (Wildman–Crippen MR) is 73.4 cm³/mol. The van der Waals surface area contributed by atoms with Crippen LogP contribution in [0.25, 0.3) is 5.69 Å². The van der Waals surface area contributed by atoms with Crippen LogP contribution in [0.5, 0.6) is 0 Å². The van der Waals surface area contributed by atoms with E-state index in [-0.39, 0.29) is 0 Å². The highest BCUT2D eigenvalue weighted by molar-refractivity contribution is 5.40. The van der Waals surface area contributed by atoms with E-state index < -0.39 is 0 Å². The second-order valence-electron chi connectivity index (χ2n) is 4.24. The molecule has 0 atom stereocenters. The Labute approximate surface area is 117 Å². The molecule has 1 aromatic heterocycles. The number of benzene rings is 1. The summed E-state index contributed by atoms with van der Waals surface area (Å²) >= 11 is 0. The van der Waals surface area contributed by atoms with Crippen LogP contribution >= 0.6 is 0 Å². The number of nitrogens with zero attached hydrogens (tertiary/aromatic N) is 4. The van der Waals surface area contributed by atoms with Crippen molar-refractivity contribution in [1.82, 2.24) is 25.5 Å². The Bertz CT molecular complexity index is 529. The van der Waals surface area contributed by atoms with Crippen molar-refractivity contribution < 1.29 is 9.47 Å². The second-order valence-corrected chi connectivity index (χ2v) is 4.24. The smallest absolute Gasteiger partial charge is 0.170 e. The lowest BCUT2D eigenvalue weighted by molar-refractivity contribution is 0.184. The molecule has 20 heavy (non-hydrogen) atoms. The summed E-state index contributed by atoms with van der Waals surface area (Å²) in [5.41, 5.74) is 1.98. The summed E-state index contributed by atoms with van der Waals surface area (Å²) in [6.07, 6.45) is 0. The Morgan fingerprint density at radius 3 is 2.85 bits per heavy atom. The zero-order valence-electron chi connectivity index (χ0n) is 11.7. The molecule has 0 unspecified atom stereocenters. The van der Waals surface area contributed by atoms with Gasteiger partial charge in [-0.25, -0.2) is 0 Å². The zero-order chi connectivity index (χ0) is 14.2. The van der Waals surface area contributed by atoms with Gasteiger partial charge in [-0.2, -0.15) is 4.68 Å². The van der Waals surface area contributed by atoms with Gasteiger partial charge in [-0.05, 0) is 16.5 Å². The molecule has 7 heteroatoms. The number of methoxy groups -OCH3 is 2. The molecule has 1 aromatic carbocycles. The summed E-state index contributed by atoms with van der Waals surface area (Å²) < 4.78 is 11.9. The van der Waals surface area contributed by atoms with E-state index in [0.717, 1.165) is 23.6 Å². The fourth-order valence-corrected chi connectivity index (χ4v) is 1.87. The summed E-state index contributed by atoms with van der Waals surface area (Å²) in [6, 6.07) is 7.91. The van der Waals surface area contributed by atoms with Gasteiger partial charge in [-0.1, -0.05) is 18.2 Å². The van der Waals surface area contributed by atoms with Gasteiger partial charge in [-0.3, -0.25) is 0 Å². The number of hydrogen-bond acceptors (Lipinski definition) is 6. The lowest BCUT2D eigenvalue weighted by atomic mass is 10.2. The molecule has 1 heterocycles. The lowest BCUT2D eigenvalue weighted by Gasteiger charge is -2.10. The average molecular weight is 277 g/mol. The molecule has 108 valence electrons. The van der Waals surface area contributed by atoms with Crippen LogP contribution in [0.4, 0.5) is 0 Å². The van der Waals surface area contributed by atoms with Gasteiger partial charge in [0.25, 0.3) is 0 Å². The molecule has 0 aliphatic carbocycles. The van der Waals surface area contributed by atoms with Crippen LogP contribution in [-0.4, -0.2) is 47.6 Å². The van der Waals surface area contributed by atoms with Gasteiger partial charge in [0.15, 0.2) is 5.82 Å². The van der Waals surface area contributed by atoms with Crippen molar-refractivity contribution in [1.29, 1.82) is 0 Å². The molecule has 2 rings (SSSR count). The average Bonchev–Trinajstić information content (AvgIpc) is 2.93. The molecule has 0 aliphatic rings. The minimum atomic E-state index is 0.520. The van der Waals surface area contributed by atoms with Gasteiger partial charge < -0.3 is 14.8 Å². The molecule has 2 aromatic rings. The van der Waals surface area contributed by atoms with Crippen molar-refractivity contribution in [2.24, 2.45) is 0 Å². The van der Waals surface area contributed by atoms with Gasteiger partial charge in [-0.15, -0.1) is 5.10 Å². The zero-order valence-corrected chi connectivity index (χ0v) is 11.7. The Hall–Kier alpha value is -1.83. The number of hydrogen-bond donors (Lipinski definition) is 1. The number of rotatable bonds is 8. The maximum atomic E-state index is 5.21. The van der Waals surface area contributed by atoms with E-state index in [1.165, 1.54) is 0 Å². The van der Waals surface area contributed by atoms with Crippen LogP contribution in [0.2, 0.25) is 0 Å². The van der Waals surface area contributed by atoms with Gasteiger partial charge >= 0.3 is 0 Å². The molecule has 0 aliphatic heterocycles. The Morgan fingerprint density at radius 1 is 1.20 bits per heavy atom. The highest BCUT2D eigenvalue weighted by Crippen LogP contribution is 2.15. The number of ether oxygens (including phenoxy) is 2. The minimum absolute atomic E-state index is 0.520. The molecule has 0 saturated heterocycles. The normalized spacial score (nSPS) is 10.9. The minimum Gasteiger partial charge on any atom is -0.383 e. The third kappa shape index (κ3) is 3.60. The third-order valence-corrected chi connectivity index (χ3v) is 2.82. The number of tetrazole rings is 1. The van der Waals surface area contributed by atoms with Crippen LogP contribution < -0.4 is 5.32 Å². The molecular weight excluding hydrogens is 258 g/mol. The van der Waals surface area contributed by atoms with Gasteiger partial charge in [0.2, 0.25) is 0 Å². The third-order valence-electron chi connectivity index (χ3n) is 2.82. The molecule has 7 nitrogen and oxygen atoms in total. The molecular formula is C13H19N5O2. The summed E-state index contributed by atoms with van der Waals surface area (Å²) in [5, 5.41) is 15.1. The van der Waals surface area contributed by atoms with E-state index >= 15 is 0 Å². The highest BCUT2D eigenvalue weighted by atomic mass is 16.5. The first kappa shape index (κ1) is 14.6. The van der Waals surface area contributed by atoms with Crippen molar-refractivity contribution in [2.75, 3.05) is 27.4 Å². The van der Waals surface area contributed by atoms with Crippen molar-refractivity contribution in [3.8, 4) is 5.69 Å². The first-order valence-electron chi connectivity index (χ1n) is 6.41. The second kappa shape index (κ2) is 7.68. The predicted octanol–water partition coefficient (Wildman–Crippen LogP) is 0.545. The van der Waals surface area contributed by atoms with Crippen molar-refractivity contribution in [2.45, 2.75) is 13.2 Å². The maximum absolute atomic E-state index is 5.21. The molecule has 0 amide bonds. The van der Waals surface area contributed by atoms with Crippen LogP contribution in [0.15, 0.2) is 24.3 Å². The summed E-state index contributed by atoms with van der Waals surface area (Å²) in [4.78, 5) is 0.